The number of anilines is 1. The number of rotatable bonds is 5. The van der Waals surface area contributed by atoms with Crippen LogP contribution in [0.1, 0.15) is 5.56 Å². The normalized spacial score (nSPS) is 16.0. The molecule has 148 valence electrons. The highest BCUT2D eigenvalue weighted by molar-refractivity contribution is 7.91. The summed E-state index contributed by atoms with van der Waals surface area (Å²) in [4.78, 5) is 9.04. The van der Waals surface area contributed by atoms with Crippen LogP contribution in [0.2, 0.25) is 5.02 Å². The number of benzene rings is 1. The number of hydrogen-bond donors (Lipinski definition) is 1. The number of aromatic nitrogens is 1. The predicted molar refractivity (Wildman–Crippen MR) is 115 cm³/mol. The number of thiophene rings is 1. The molecule has 0 radical (unpaired) electrons. The van der Waals surface area contributed by atoms with E-state index in [1.54, 1.807) is 30.5 Å². The Morgan fingerprint density at radius 3 is 2.71 bits per heavy atom. The van der Waals surface area contributed by atoms with Crippen molar-refractivity contribution < 1.29 is 8.42 Å². The number of sulfonamides is 1. The van der Waals surface area contributed by atoms with Crippen molar-refractivity contribution in [3.05, 3.63) is 53.2 Å². The van der Waals surface area contributed by atoms with Crippen molar-refractivity contribution in [2.45, 2.75) is 10.8 Å². The van der Waals surface area contributed by atoms with E-state index in [-0.39, 0.29) is 6.54 Å². The summed E-state index contributed by atoms with van der Waals surface area (Å²) in [5.74, 6) is 0.859. The van der Waals surface area contributed by atoms with Gasteiger partial charge in [-0.3, -0.25) is 0 Å². The molecule has 6 nitrogen and oxygen atoms in total. The lowest BCUT2D eigenvalue weighted by atomic mass is 10.2. The largest absolute Gasteiger partial charge is 0.354 e. The summed E-state index contributed by atoms with van der Waals surface area (Å²) in [6, 6.07) is 10.8. The molecule has 0 spiro atoms. The number of piperazine rings is 1. The molecular weight excluding hydrogens is 416 g/mol. The molecule has 0 unspecified atom stereocenters. The van der Waals surface area contributed by atoms with Gasteiger partial charge in [-0.05, 0) is 36.9 Å². The lowest BCUT2D eigenvalue weighted by molar-refractivity contribution is 0.312. The highest BCUT2D eigenvalue weighted by atomic mass is 35.5. The molecule has 2 aromatic heterocycles. The van der Waals surface area contributed by atoms with E-state index < -0.39 is 10.0 Å². The number of halogens is 1. The quantitative estimate of drug-likeness (QED) is 0.665. The first kappa shape index (κ1) is 19.6. The molecule has 4 rings (SSSR count). The maximum Gasteiger partial charge on any atom is 0.250 e. The highest BCUT2D eigenvalue weighted by Crippen LogP contribution is 2.34. The Morgan fingerprint density at radius 2 is 1.96 bits per heavy atom. The van der Waals surface area contributed by atoms with Crippen LogP contribution in [0.25, 0.3) is 10.1 Å². The summed E-state index contributed by atoms with van der Waals surface area (Å²) in [7, 11) is -1.52. The lowest BCUT2D eigenvalue weighted by Crippen LogP contribution is -2.44. The number of pyridine rings is 1. The van der Waals surface area contributed by atoms with Crippen LogP contribution in [-0.2, 0) is 16.6 Å². The molecule has 0 amide bonds. The van der Waals surface area contributed by atoms with Crippen molar-refractivity contribution in [1.29, 1.82) is 0 Å². The van der Waals surface area contributed by atoms with E-state index in [4.69, 9.17) is 11.6 Å². The molecule has 1 N–H and O–H groups in total. The summed E-state index contributed by atoms with van der Waals surface area (Å²) in [6.07, 6.45) is 1.75. The van der Waals surface area contributed by atoms with Crippen LogP contribution < -0.4 is 9.62 Å². The third-order valence-electron chi connectivity index (χ3n) is 4.82. The van der Waals surface area contributed by atoms with Gasteiger partial charge in [0, 0.05) is 54.0 Å². The van der Waals surface area contributed by atoms with Gasteiger partial charge in [-0.1, -0.05) is 23.7 Å². The lowest BCUT2D eigenvalue weighted by Gasteiger charge is -2.33. The zero-order chi connectivity index (χ0) is 19.7. The zero-order valence-corrected chi connectivity index (χ0v) is 17.8. The molecule has 9 heteroatoms. The van der Waals surface area contributed by atoms with Crippen molar-refractivity contribution >= 4 is 48.9 Å². The molecule has 0 saturated carbocycles. The van der Waals surface area contributed by atoms with Gasteiger partial charge in [0.25, 0.3) is 0 Å². The molecule has 0 bridgehead atoms. The van der Waals surface area contributed by atoms with E-state index in [0.717, 1.165) is 47.6 Å². The third-order valence-corrected chi connectivity index (χ3v) is 8.04. The molecule has 28 heavy (non-hydrogen) atoms. The molecule has 0 aliphatic carbocycles. The van der Waals surface area contributed by atoms with Crippen LogP contribution in [0.5, 0.6) is 0 Å². The molecule has 3 heterocycles. The van der Waals surface area contributed by atoms with Crippen molar-refractivity contribution in [3.8, 4) is 0 Å². The second-order valence-electron chi connectivity index (χ2n) is 6.86. The van der Waals surface area contributed by atoms with Gasteiger partial charge in [0.05, 0.1) is 0 Å². The Hall–Kier alpha value is -1.71. The Morgan fingerprint density at radius 1 is 1.18 bits per heavy atom. The number of fused-ring (bicyclic) bond motifs is 1. The molecule has 1 aliphatic heterocycles. The van der Waals surface area contributed by atoms with Crippen LogP contribution in [0.15, 0.2) is 46.8 Å². The molecular formula is C19H21ClN4O2S2. The minimum atomic E-state index is -3.62. The van der Waals surface area contributed by atoms with E-state index >= 15 is 0 Å². The smallest absolute Gasteiger partial charge is 0.250 e. The number of nitrogens with one attached hydrogen (secondary N) is 1. The molecule has 1 fully saturated rings. The minimum absolute atomic E-state index is 0.195. The first-order chi connectivity index (χ1) is 13.4. The summed E-state index contributed by atoms with van der Waals surface area (Å²) in [5.41, 5.74) is 0.817. The van der Waals surface area contributed by atoms with E-state index in [9.17, 15) is 8.42 Å². The Bertz CT molecular complexity index is 1090. The molecule has 1 saturated heterocycles. The average molecular weight is 437 g/mol. The third kappa shape index (κ3) is 4.16. The van der Waals surface area contributed by atoms with E-state index in [2.05, 4.69) is 26.6 Å². The molecule has 1 aromatic carbocycles. The first-order valence-electron chi connectivity index (χ1n) is 8.98. The van der Waals surface area contributed by atoms with E-state index in [1.165, 1.54) is 11.3 Å². The summed E-state index contributed by atoms with van der Waals surface area (Å²) in [6.45, 7) is 3.89. The van der Waals surface area contributed by atoms with Gasteiger partial charge in [-0.2, -0.15) is 0 Å². The number of likely N-dealkylation sites (N-methyl/N-ethyl adjacent to an activating group) is 1. The minimum Gasteiger partial charge on any atom is -0.354 e. The average Bonchev–Trinajstić information content (AvgIpc) is 3.13. The van der Waals surface area contributed by atoms with Gasteiger partial charge in [-0.15, -0.1) is 11.3 Å². The molecule has 3 aromatic rings. The molecule has 0 atom stereocenters. The zero-order valence-electron chi connectivity index (χ0n) is 15.4. The monoisotopic (exact) mass is 436 g/mol. The number of nitrogens with zero attached hydrogens (tertiary/aromatic N) is 3. The van der Waals surface area contributed by atoms with Gasteiger partial charge in [0.15, 0.2) is 0 Å². The van der Waals surface area contributed by atoms with Crippen molar-refractivity contribution in [2.24, 2.45) is 0 Å². The van der Waals surface area contributed by atoms with Crippen molar-refractivity contribution in [2.75, 3.05) is 38.1 Å². The van der Waals surface area contributed by atoms with Gasteiger partial charge in [0.1, 0.15) is 10.0 Å². The second-order valence-corrected chi connectivity index (χ2v) is 10.4. The van der Waals surface area contributed by atoms with Crippen molar-refractivity contribution in [3.63, 3.8) is 0 Å². The fraction of sp³-hybridized carbons (Fsp3) is 0.316. The Balaban J connectivity index is 1.59. The van der Waals surface area contributed by atoms with Gasteiger partial charge in [-0.25, -0.2) is 18.1 Å². The van der Waals surface area contributed by atoms with Crippen LogP contribution in [0.4, 0.5) is 5.82 Å². The first-order valence-corrected chi connectivity index (χ1v) is 11.7. The van der Waals surface area contributed by atoms with Crippen LogP contribution in [0, 0.1) is 0 Å². The maximum absolute atomic E-state index is 12.8. The van der Waals surface area contributed by atoms with Gasteiger partial charge < -0.3 is 9.80 Å². The molecule has 1 aliphatic rings. The summed E-state index contributed by atoms with van der Waals surface area (Å²) >= 11 is 7.24. The Labute approximate surface area is 173 Å². The van der Waals surface area contributed by atoms with Crippen LogP contribution >= 0.6 is 22.9 Å². The summed E-state index contributed by atoms with van der Waals surface area (Å²) in [5, 5.41) is 1.47. The SMILES string of the molecule is CN1CCN(c2nccc3sc(S(=O)(=O)NCc4cccc(Cl)c4)cc23)CC1. The predicted octanol–water partition coefficient (Wildman–Crippen LogP) is 3.18. The fourth-order valence-corrected chi connectivity index (χ4v) is 5.88. The second kappa shape index (κ2) is 7.96. The highest BCUT2D eigenvalue weighted by Gasteiger charge is 2.22. The fourth-order valence-electron chi connectivity index (χ4n) is 3.22. The van der Waals surface area contributed by atoms with Gasteiger partial charge in [0.2, 0.25) is 10.0 Å². The summed E-state index contributed by atoms with van der Waals surface area (Å²) < 4.78 is 29.5. The van der Waals surface area contributed by atoms with E-state index in [1.807, 2.05) is 12.1 Å². The van der Waals surface area contributed by atoms with Crippen LogP contribution in [-0.4, -0.2) is 51.5 Å². The van der Waals surface area contributed by atoms with Crippen molar-refractivity contribution in [1.82, 2.24) is 14.6 Å². The van der Waals surface area contributed by atoms with E-state index in [0.29, 0.717) is 9.23 Å². The number of hydrogen-bond acceptors (Lipinski definition) is 6. The standard InChI is InChI=1S/C19H21ClN4O2S2/c1-23-7-9-24(10-8-23)19-16-12-18(27-17(16)5-6-21-19)28(25,26)22-13-14-3-2-4-15(20)11-14/h2-6,11-12,22H,7-10,13H2,1H3. The van der Waals surface area contributed by atoms with Gasteiger partial charge >= 0.3 is 0 Å². The Kier molecular flexibility index (Phi) is 5.57. The maximum atomic E-state index is 12.8. The topological polar surface area (TPSA) is 65.5 Å². The van der Waals surface area contributed by atoms with Crippen LogP contribution in [0.3, 0.4) is 0 Å².